The summed E-state index contributed by atoms with van der Waals surface area (Å²) in [4.78, 5) is 0. The van der Waals surface area contributed by atoms with Crippen LogP contribution in [0.15, 0.2) is 18.2 Å². The topological polar surface area (TPSA) is 29.5 Å². The van der Waals surface area contributed by atoms with Gasteiger partial charge >= 0.3 is 0 Å². The molecule has 1 aromatic carbocycles. The lowest BCUT2D eigenvalue weighted by molar-refractivity contribution is 0.413. The lowest BCUT2D eigenvalue weighted by atomic mass is 10.3. The number of ether oxygens (including phenoxy) is 1. The molecule has 0 bridgehead atoms. The first-order valence-corrected chi connectivity index (χ1v) is 7.10. The fourth-order valence-corrected chi connectivity index (χ4v) is 4.91. The van der Waals surface area contributed by atoms with E-state index >= 15 is 0 Å². The van der Waals surface area contributed by atoms with Crippen molar-refractivity contribution in [1.82, 2.24) is 0 Å². The molecule has 0 saturated carbocycles. The van der Waals surface area contributed by atoms with Crippen molar-refractivity contribution < 1.29 is 9.84 Å². The third-order valence-corrected chi connectivity index (χ3v) is 5.71. The first-order valence-electron chi connectivity index (χ1n) is 5.62. The molecule has 0 heterocycles. The normalized spacial score (nSPS) is 11.5. The molecule has 1 rings (SSSR count). The zero-order valence-electron chi connectivity index (χ0n) is 10.7. The van der Waals surface area contributed by atoms with E-state index in [0.717, 1.165) is 11.1 Å². The highest BCUT2D eigenvalue weighted by molar-refractivity contribution is 7.67. The highest BCUT2D eigenvalue weighted by Crippen LogP contribution is 2.47. The van der Waals surface area contributed by atoms with Crippen LogP contribution in [0.25, 0.3) is 0 Å². The van der Waals surface area contributed by atoms with Gasteiger partial charge in [-0.15, -0.1) is 0 Å². The Labute approximate surface area is 99.4 Å². The number of phenols is 1. The summed E-state index contributed by atoms with van der Waals surface area (Å²) in [6, 6.07) is 5.50. The van der Waals surface area contributed by atoms with Gasteiger partial charge in [0.2, 0.25) is 0 Å². The second kappa shape index (κ2) is 5.54. The van der Waals surface area contributed by atoms with Gasteiger partial charge in [-0.05, 0) is 29.5 Å². The van der Waals surface area contributed by atoms with Gasteiger partial charge in [0.25, 0.3) is 0 Å². The smallest absolute Gasteiger partial charge is 0.123 e. The molecular formula is C13H21O2P. The van der Waals surface area contributed by atoms with E-state index < -0.39 is 0 Å². The largest absolute Gasteiger partial charge is 0.507 e. The Morgan fingerprint density at radius 2 is 1.69 bits per heavy atom. The number of methoxy groups -OCH3 is 1. The highest BCUT2D eigenvalue weighted by atomic mass is 31.1. The summed E-state index contributed by atoms with van der Waals surface area (Å²) >= 11 is 0. The molecule has 90 valence electrons. The molecule has 0 aromatic heterocycles. The molecule has 0 aliphatic rings. The van der Waals surface area contributed by atoms with Crippen LogP contribution in [-0.4, -0.2) is 23.5 Å². The molecule has 0 unspecified atom stereocenters. The molecule has 0 atom stereocenters. The molecule has 0 saturated heterocycles. The van der Waals surface area contributed by atoms with Gasteiger partial charge in [0.15, 0.2) is 0 Å². The SMILES string of the molecule is COc1ccc(O)c(P(C(C)C)C(C)C)c1. The van der Waals surface area contributed by atoms with Crippen molar-refractivity contribution >= 4 is 13.2 Å². The summed E-state index contributed by atoms with van der Waals surface area (Å²) < 4.78 is 5.22. The van der Waals surface area contributed by atoms with Gasteiger partial charge in [-0.25, -0.2) is 0 Å². The van der Waals surface area contributed by atoms with Crippen molar-refractivity contribution in [2.24, 2.45) is 0 Å². The lowest BCUT2D eigenvalue weighted by Crippen LogP contribution is -2.15. The zero-order chi connectivity index (χ0) is 12.3. The highest BCUT2D eigenvalue weighted by Gasteiger charge is 2.22. The molecule has 0 radical (unpaired) electrons. The number of benzene rings is 1. The second-order valence-electron chi connectivity index (χ2n) is 4.45. The van der Waals surface area contributed by atoms with Gasteiger partial charge in [0.1, 0.15) is 11.5 Å². The molecule has 16 heavy (non-hydrogen) atoms. The molecule has 0 aliphatic carbocycles. The van der Waals surface area contributed by atoms with Crippen LogP contribution in [0.2, 0.25) is 0 Å². The minimum Gasteiger partial charge on any atom is -0.507 e. The van der Waals surface area contributed by atoms with Gasteiger partial charge in [-0.1, -0.05) is 35.6 Å². The Hall–Kier alpha value is -0.750. The Morgan fingerprint density at radius 3 is 2.12 bits per heavy atom. The maximum Gasteiger partial charge on any atom is 0.123 e. The predicted octanol–water partition coefficient (Wildman–Crippen LogP) is 3.32. The maximum absolute atomic E-state index is 9.96. The van der Waals surface area contributed by atoms with Crippen LogP contribution in [0.4, 0.5) is 0 Å². The quantitative estimate of drug-likeness (QED) is 0.818. The van der Waals surface area contributed by atoms with Crippen LogP contribution in [0.3, 0.4) is 0 Å². The van der Waals surface area contributed by atoms with E-state index in [4.69, 9.17) is 4.74 Å². The predicted molar refractivity (Wildman–Crippen MR) is 71.5 cm³/mol. The summed E-state index contributed by atoms with van der Waals surface area (Å²) in [7, 11) is 1.31. The molecule has 0 aliphatic heterocycles. The van der Waals surface area contributed by atoms with Crippen molar-refractivity contribution in [3.8, 4) is 11.5 Å². The number of phenolic OH excluding ortho intramolecular Hbond substituents is 1. The van der Waals surface area contributed by atoms with E-state index in [1.807, 2.05) is 6.07 Å². The van der Waals surface area contributed by atoms with E-state index in [2.05, 4.69) is 27.7 Å². The Balaban J connectivity index is 3.17. The average Bonchev–Trinajstić information content (AvgIpc) is 2.20. The Bertz CT molecular complexity index is 340. The van der Waals surface area contributed by atoms with Crippen LogP contribution in [0.1, 0.15) is 27.7 Å². The van der Waals surface area contributed by atoms with Crippen molar-refractivity contribution in [2.45, 2.75) is 39.0 Å². The van der Waals surface area contributed by atoms with E-state index in [9.17, 15) is 5.11 Å². The average molecular weight is 240 g/mol. The molecule has 2 nitrogen and oxygen atoms in total. The molecule has 1 N–H and O–H groups in total. The third-order valence-electron chi connectivity index (χ3n) is 2.57. The van der Waals surface area contributed by atoms with Crippen molar-refractivity contribution in [1.29, 1.82) is 0 Å². The number of hydrogen-bond acceptors (Lipinski definition) is 2. The standard InChI is InChI=1S/C13H21O2P/c1-9(2)16(10(3)4)13-8-11(15-5)6-7-12(13)14/h6-10,14H,1-5H3. The maximum atomic E-state index is 9.96. The molecular weight excluding hydrogens is 219 g/mol. The summed E-state index contributed by atoms with van der Waals surface area (Å²) in [5, 5.41) is 11.0. The lowest BCUT2D eigenvalue weighted by Gasteiger charge is -2.27. The first kappa shape index (κ1) is 13.3. The molecule has 0 amide bonds. The van der Waals surface area contributed by atoms with Crippen molar-refractivity contribution in [3.63, 3.8) is 0 Å². The summed E-state index contributed by atoms with van der Waals surface area (Å²) in [5.41, 5.74) is 1.13. The van der Waals surface area contributed by atoms with E-state index in [1.165, 1.54) is 0 Å². The van der Waals surface area contributed by atoms with Gasteiger partial charge in [-0.2, -0.15) is 0 Å². The van der Waals surface area contributed by atoms with Crippen LogP contribution >= 0.6 is 7.92 Å². The second-order valence-corrected chi connectivity index (χ2v) is 7.81. The fraction of sp³-hybridized carbons (Fsp3) is 0.538. The van der Waals surface area contributed by atoms with Crippen LogP contribution in [0.5, 0.6) is 11.5 Å². The Kier molecular flexibility index (Phi) is 4.61. The van der Waals surface area contributed by atoms with Gasteiger partial charge in [0, 0.05) is 5.30 Å². The summed E-state index contributed by atoms with van der Waals surface area (Å²) in [6.45, 7) is 8.85. The van der Waals surface area contributed by atoms with Gasteiger partial charge in [0.05, 0.1) is 7.11 Å². The zero-order valence-corrected chi connectivity index (χ0v) is 11.6. The Morgan fingerprint density at radius 1 is 1.12 bits per heavy atom. The van der Waals surface area contributed by atoms with Crippen LogP contribution in [-0.2, 0) is 0 Å². The van der Waals surface area contributed by atoms with Crippen molar-refractivity contribution in [3.05, 3.63) is 18.2 Å². The molecule has 0 fully saturated rings. The molecule has 1 aromatic rings. The summed E-state index contributed by atoms with van der Waals surface area (Å²) in [5.74, 6) is 1.22. The third kappa shape index (κ3) is 2.89. The van der Waals surface area contributed by atoms with E-state index in [-0.39, 0.29) is 7.92 Å². The molecule has 0 spiro atoms. The number of rotatable bonds is 4. The minimum absolute atomic E-state index is 0.347. The van der Waals surface area contributed by atoms with Crippen LogP contribution in [0, 0.1) is 0 Å². The first-order chi connectivity index (χ1) is 7.47. The number of hydrogen-bond donors (Lipinski definition) is 1. The monoisotopic (exact) mass is 240 g/mol. The van der Waals surface area contributed by atoms with Gasteiger partial charge < -0.3 is 9.84 Å². The minimum atomic E-state index is -0.347. The fourth-order valence-electron chi connectivity index (χ4n) is 1.99. The van der Waals surface area contributed by atoms with Crippen LogP contribution < -0.4 is 10.0 Å². The molecule has 3 heteroatoms. The van der Waals surface area contributed by atoms with Gasteiger partial charge in [-0.3, -0.25) is 0 Å². The van der Waals surface area contributed by atoms with Crippen molar-refractivity contribution in [2.75, 3.05) is 7.11 Å². The number of aromatic hydroxyl groups is 1. The van der Waals surface area contributed by atoms with E-state index in [1.54, 1.807) is 19.2 Å². The van der Waals surface area contributed by atoms with E-state index in [0.29, 0.717) is 17.1 Å². The summed E-state index contributed by atoms with van der Waals surface area (Å²) in [6.07, 6.45) is 0.